The molecule has 118 valence electrons. The van der Waals surface area contributed by atoms with E-state index in [-0.39, 0.29) is 6.61 Å². The van der Waals surface area contributed by atoms with Crippen LogP contribution in [0.25, 0.3) is 0 Å². The number of benzene rings is 1. The molecule has 5 nitrogen and oxygen atoms in total. The highest BCUT2D eigenvalue weighted by Crippen LogP contribution is 2.36. The van der Waals surface area contributed by atoms with Gasteiger partial charge in [-0.3, -0.25) is 0 Å². The second kappa shape index (κ2) is 8.10. The molecule has 1 saturated heterocycles. The maximum atomic E-state index is 10.1. The Labute approximate surface area is 126 Å². The summed E-state index contributed by atoms with van der Waals surface area (Å²) in [5, 5.41) is 10.1. The largest absolute Gasteiger partial charge is 0.493 e. The number of likely N-dealkylation sites (tertiary alicyclic amines) is 1. The fourth-order valence-electron chi connectivity index (χ4n) is 2.63. The number of β-amino-alcohol motifs (C(OH)–C–C–N with tert-alkyl or cyclic N) is 1. The first-order valence-corrected chi connectivity index (χ1v) is 7.48. The highest BCUT2D eigenvalue weighted by Gasteiger charge is 2.17. The number of rotatable bonds is 7. The molecule has 1 aliphatic rings. The van der Waals surface area contributed by atoms with Crippen molar-refractivity contribution in [3.8, 4) is 17.2 Å². The van der Waals surface area contributed by atoms with Crippen molar-refractivity contribution >= 4 is 0 Å². The highest BCUT2D eigenvalue weighted by atomic mass is 16.5. The molecule has 1 heterocycles. The normalized spacial score (nSPS) is 17.3. The number of hydrogen-bond acceptors (Lipinski definition) is 5. The van der Waals surface area contributed by atoms with E-state index in [0.29, 0.717) is 23.8 Å². The van der Waals surface area contributed by atoms with Gasteiger partial charge in [0.15, 0.2) is 11.5 Å². The minimum absolute atomic E-state index is 0.229. The number of aliphatic hydroxyl groups is 1. The van der Waals surface area contributed by atoms with Gasteiger partial charge >= 0.3 is 0 Å². The molecular weight excluding hydrogens is 270 g/mol. The van der Waals surface area contributed by atoms with Gasteiger partial charge in [-0.05, 0) is 38.1 Å². The lowest BCUT2D eigenvalue weighted by Gasteiger charge is -2.28. The molecule has 0 spiro atoms. The molecule has 0 radical (unpaired) electrons. The fraction of sp³-hybridized carbons (Fsp3) is 0.625. The van der Waals surface area contributed by atoms with E-state index in [1.807, 2.05) is 18.2 Å². The molecule has 0 aromatic heterocycles. The molecule has 21 heavy (non-hydrogen) atoms. The van der Waals surface area contributed by atoms with Gasteiger partial charge in [-0.2, -0.15) is 0 Å². The number of hydrogen-bond donors (Lipinski definition) is 1. The van der Waals surface area contributed by atoms with Crippen molar-refractivity contribution in [2.45, 2.75) is 25.4 Å². The first-order chi connectivity index (χ1) is 10.2. The van der Waals surface area contributed by atoms with Gasteiger partial charge in [-0.25, -0.2) is 0 Å². The Hall–Kier alpha value is -1.46. The van der Waals surface area contributed by atoms with Crippen LogP contribution in [-0.4, -0.2) is 56.6 Å². The molecule has 0 saturated carbocycles. The summed E-state index contributed by atoms with van der Waals surface area (Å²) in [7, 11) is 3.18. The SMILES string of the molecule is COc1cccc(OC)c1OC[C@H](O)CN1CCCCC1. The van der Waals surface area contributed by atoms with E-state index in [9.17, 15) is 5.11 Å². The van der Waals surface area contributed by atoms with Crippen LogP contribution in [0.5, 0.6) is 17.2 Å². The van der Waals surface area contributed by atoms with E-state index in [2.05, 4.69) is 4.90 Å². The lowest BCUT2D eigenvalue weighted by atomic mass is 10.1. The Bertz CT molecular complexity index is 410. The van der Waals surface area contributed by atoms with Crippen LogP contribution in [-0.2, 0) is 0 Å². The number of para-hydroxylation sites is 1. The average Bonchev–Trinajstić information content (AvgIpc) is 2.53. The lowest BCUT2D eigenvalue weighted by molar-refractivity contribution is 0.0599. The van der Waals surface area contributed by atoms with Crippen LogP contribution in [0, 0.1) is 0 Å². The van der Waals surface area contributed by atoms with Crippen molar-refractivity contribution in [1.82, 2.24) is 4.90 Å². The van der Waals surface area contributed by atoms with Crippen LogP contribution in [0.3, 0.4) is 0 Å². The van der Waals surface area contributed by atoms with Gasteiger partial charge in [0, 0.05) is 6.54 Å². The summed E-state index contributed by atoms with van der Waals surface area (Å²) in [5.74, 6) is 1.76. The number of piperidine rings is 1. The lowest BCUT2D eigenvalue weighted by Crippen LogP contribution is -2.38. The molecule has 2 rings (SSSR count). The standard InChI is InChI=1S/C16H25NO4/c1-19-14-7-6-8-15(20-2)16(14)21-12-13(18)11-17-9-4-3-5-10-17/h6-8,13,18H,3-5,9-12H2,1-2H3/t13-/m1/s1. The molecule has 1 aromatic carbocycles. The minimum Gasteiger partial charge on any atom is -0.493 e. The van der Waals surface area contributed by atoms with Crippen LogP contribution in [0.15, 0.2) is 18.2 Å². The zero-order valence-corrected chi connectivity index (χ0v) is 12.9. The van der Waals surface area contributed by atoms with Crippen LogP contribution in [0.4, 0.5) is 0 Å². The van der Waals surface area contributed by atoms with E-state index in [1.54, 1.807) is 14.2 Å². The van der Waals surface area contributed by atoms with Crippen molar-refractivity contribution in [3.63, 3.8) is 0 Å². The van der Waals surface area contributed by atoms with Gasteiger partial charge in [0.05, 0.1) is 14.2 Å². The summed E-state index contributed by atoms with van der Waals surface area (Å²) < 4.78 is 16.3. The predicted octanol–water partition coefficient (Wildman–Crippen LogP) is 1.93. The Kier molecular flexibility index (Phi) is 6.14. The number of nitrogens with zero attached hydrogens (tertiary/aromatic N) is 1. The molecule has 0 unspecified atom stereocenters. The topological polar surface area (TPSA) is 51.2 Å². The number of ether oxygens (including phenoxy) is 3. The average molecular weight is 295 g/mol. The van der Waals surface area contributed by atoms with Crippen LogP contribution >= 0.6 is 0 Å². The van der Waals surface area contributed by atoms with Gasteiger partial charge < -0.3 is 24.2 Å². The summed E-state index contributed by atoms with van der Waals surface area (Å²) in [4.78, 5) is 2.29. The summed E-state index contributed by atoms with van der Waals surface area (Å²) in [6, 6.07) is 5.47. The van der Waals surface area contributed by atoms with Gasteiger partial charge in [-0.15, -0.1) is 0 Å². The molecule has 1 aliphatic heterocycles. The third kappa shape index (κ3) is 4.51. The Morgan fingerprint density at radius 1 is 1.10 bits per heavy atom. The Morgan fingerprint density at radius 3 is 2.29 bits per heavy atom. The Morgan fingerprint density at radius 2 is 1.71 bits per heavy atom. The third-order valence-corrected chi connectivity index (χ3v) is 3.72. The van der Waals surface area contributed by atoms with Crippen molar-refractivity contribution in [3.05, 3.63) is 18.2 Å². The molecule has 5 heteroatoms. The van der Waals surface area contributed by atoms with Crippen molar-refractivity contribution in [1.29, 1.82) is 0 Å². The third-order valence-electron chi connectivity index (χ3n) is 3.72. The number of aliphatic hydroxyl groups excluding tert-OH is 1. The van der Waals surface area contributed by atoms with Gasteiger partial charge in [0.2, 0.25) is 5.75 Å². The van der Waals surface area contributed by atoms with Gasteiger partial charge in [-0.1, -0.05) is 12.5 Å². The molecule has 0 bridgehead atoms. The smallest absolute Gasteiger partial charge is 0.203 e. The summed E-state index contributed by atoms with van der Waals surface area (Å²) in [6.45, 7) is 3.01. The minimum atomic E-state index is -0.516. The van der Waals surface area contributed by atoms with Crippen LogP contribution in [0.2, 0.25) is 0 Å². The zero-order valence-electron chi connectivity index (χ0n) is 12.9. The number of methoxy groups -OCH3 is 2. The molecule has 1 atom stereocenters. The van der Waals surface area contributed by atoms with Crippen molar-refractivity contribution in [2.75, 3.05) is 40.5 Å². The quantitative estimate of drug-likeness (QED) is 0.833. The predicted molar refractivity (Wildman–Crippen MR) is 81.3 cm³/mol. The second-order valence-electron chi connectivity index (χ2n) is 5.32. The van der Waals surface area contributed by atoms with Crippen molar-refractivity contribution in [2.24, 2.45) is 0 Å². The fourth-order valence-corrected chi connectivity index (χ4v) is 2.63. The molecule has 0 amide bonds. The van der Waals surface area contributed by atoms with E-state index >= 15 is 0 Å². The van der Waals surface area contributed by atoms with Crippen molar-refractivity contribution < 1.29 is 19.3 Å². The molecular formula is C16H25NO4. The molecule has 1 aromatic rings. The van der Waals surface area contributed by atoms with Crippen LogP contribution < -0.4 is 14.2 Å². The van der Waals surface area contributed by atoms with E-state index in [0.717, 1.165) is 13.1 Å². The first-order valence-electron chi connectivity index (χ1n) is 7.48. The van der Waals surface area contributed by atoms with E-state index < -0.39 is 6.10 Å². The molecule has 1 fully saturated rings. The zero-order chi connectivity index (χ0) is 15.1. The maximum absolute atomic E-state index is 10.1. The summed E-state index contributed by atoms with van der Waals surface area (Å²) >= 11 is 0. The molecule has 1 N–H and O–H groups in total. The summed E-state index contributed by atoms with van der Waals surface area (Å²) in [6.07, 6.45) is 3.21. The van der Waals surface area contributed by atoms with E-state index in [1.165, 1.54) is 19.3 Å². The van der Waals surface area contributed by atoms with Gasteiger partial charge in [0.25, 0.3) is 0 Å². The van der Waals surface area contributed by atoms with Crippen LogP contribution in [0.1, 0.15) is 19.3 Å². The molecule has 0 aliphatic carbocycles. The highest BCUT2D eigenvalue weighted by molar-refractivity contribution is 5.51. The van der Waals surface area contributed by atoms with E-state index in [4.69, 9.17) is 14.2 Å². The maximum Gasteiger partial charge on any atom is 0.203 e. The first kappa shape index (κ1) is 15.9. The Balaban J connectivity index is 1.89. The van der Waals surface area contributed by atoms with Gasteiger partial charge in [0.1, 0.15) is 12.7 Å². The monoisotopic (exact) mass is 295 g/mol. The summed E-state index contributed by atoms with van der Waals surface area (Å²) in [5.41, 5.74) is 0. The second-order valence-corrected chi connectivity index (χ2v) is 5.32.